The molecule has 1 amide bonds. The molecule has 0 saturated heterocycles. The van der Waals surface area contributed by atoms with E-state index in [2.05, 4.69) is 15.3 Å². The lowest BCUT2D eigenvalue weighted by Crippen LogP contribution is -2.27. The van der Waals surface area contributed by atoms with Gasteiger partial charge in [-0.1, -0.05) is 0 Å². The molecule has 0 atom stereocenters. The Morgan fingerprint density at radius 2 is 2.00 bits per heavy atom. The predicted molar refractivity (Wildman–Crippen MR) is 61.7 cm³/mol. The van der Waals surface area contributed by atoms with Gasteiger partial charge in [-0.25, -0.2) is 9.97 Å². The lowest BCUT2D eigenvalue weighted by molar-refractivity contribution is 0.102. The van der Waals surface area contributed by atoms with Gasteiger partial charge < -0.3 is 4.57 Å². The number of hydrogen-bond donors (Lipinski definition) is 1. The van der Waals surface area contributed by atoms with Crippen LogP contribution in [0.25, 0.3) is 0 Å². The number of amides is 1. The van der Waals surface area contributed by atoms with E-state index >= 15 is 0 Å². The van der Waals surface area contributed by atoms with Crippen molar-refractivity contribution in [2.75, 3.05) is 5.32 Å². The third-order valence-corrected chi connectivity index (χ3v) is 2.16. The summed E-state index contributed by atoms with van der Waals surface area (Å²) in [6.07, 6.45) is 4.59. The Morgan fingerprint density at radius 1 is 1.29 bits per heavy atom. The maximum absolute atomic E-state index is 11.8. The second kappa shape index (κ2) is 4.56. The summed E-state index contributed by atoms with van der Waals surface area (Å²) in [6, 6.07) is 4.72. The largest absolute Gasteiger partial charge is 0.318 e. The van der Waals surface area contributed by atoms with E-state index in [0.717, 1.165) is 0 Å². The van der Waals surface area contributed by atoms with Crippen molar-refractivity contribution in [2.45, 2.75) is 0 Å². The normalized spacial score (nSPS) is 9.94. The molecule has 86 valence electrons. The van der Waals surface area contributed by atoms with Gasteiger partial charge in [0.05, 0.1) is 0 Å². The van der Waals surface area contributed by atoms with E-state index in [9.17, 15) is 9.59 Å². The molecule has 2 heterocycles. The first-order valence-electron chi connectivity index (χ1n) is 4.92. The van der Waals surface area contributed by atoms with Crippen molar-refractivity contribution >= 4 is 11.9 Å². The van der Waals surface area contributed by atoms with Crippen LogP contribution in [-0.4, -0.2) is 20.4 Å². The molecule has 0 aromatic carbocycles. The van der Waals surface area contributed by atoms with Gasteiger partial charge in [0.15, 0.2) is 0 Å². The second-order valence-corrected chi connectivity index (χ2v) is 3.36. The fraction of sp³-hybridized carbons (Fsp3) is 0.0909. The van der Waals surface area contributed by atoms with Gasteiger partial charge in [-0.3, -0.25) is 14.9 Å². The van der Waals surface area contributed by atoms with Gasteiger partial charge in [-0.2, -0.15) is 0 Å². The standard InChI is InChI=1S/C11H10N4O2/c1-15-7-2-4-8(10(15)17)9(16)14-11-12-5-3-6-13-11/h2-7H,1H3,(H,12,13,14,16). The van der Waals surface area contributed by atoms with Gasteiger partial charge in [0.1, 0.15) is 5.56 Å². The zero-order valence-electron chi connectivity index (χ0n) is 9.12. The lowest BCUT2D eigenvalue weighted by Gasteiger charge is -2.03. The van der Waals surface area contributed by atoms with Crippen LogP contribution in [0.3, 0.4) is 0 Å². The molecule has 0 fully saturated rings. The van der Waals surface area contributed by atoms with Crippen molar-refractivity contribution in [3.05, 3.63) is 52.7 Å². The first-order chi connectivity index (χ1) is 8.18. The molecule has 2 aromatic rings. The average molecular weight is 230 g/mol. The van der Waals surface area contributed by atoms with E-state index in [-0.39, 0.29) is 17.1 Å². The number of aryl methyl sites for hydroxylation is 1. The topological polar surface area (TPSA) is 76.9 Å². The molecule has 0 spiro atoms. The Bertz CT molecular complexity index is 592. The van der Waals surface area contributed by atoms with Gasteiger partial charge >= 0.3 is 0 Å². The maximum Gasteiger partial charge on any atom is 0.263 e. The minimum Gasteiger partial charge on any atom is -0.318 e. The number of hydrogen-bond acceptors (Lipinski definition) is 4. The Balaban J connectivity index is 2.27. The highest BCUT2D eigenvalue weighted by molar-refractivity contribution is 6.02. The number of nitrogens with zero attached hydrogens (tertiary/aromatic N) is 3. The fourth-order valence-corrected chi connectivity index (χ4v) is 1.30. The SMILES string of the molecule is Cn1cccc(C(=O)Nc2ncccn2)c1=O. The Kier molecular flexibility index (Phi) is 2.95. The monoisotopic (exact) mass is 230 g/mol. The van der Waals surface area contributed by atoms with Crippen LogP contribution in [0.1, 0.15) is 10.4 Å². The van der Waals surface area contributed by atoms with Gasteiger partial charge in [0.25, 0.3) is 11.5 Å². The number of aromatic nitrogens is 3. The average Bonchev–Trinajstić information content (AvgIpc) is 2.34. The van der Waals surface area contributed by atoms with Crippen molar-refractivity contribution in [1.29, 1.82) is 0 Å². The van der Waals surface area contributed by atoms with Crippen LogP contribution in [0, 0.1) is 0 Å². The zero-order valence-corrected chi connectivity index (χ0v) is 9.12. The molecule has 1 N–H and O–H groups in total. The first kappa shape index (κ1) is 11.0. The molecule has 2 rings (SSSR count). The molecule has 2 aromatic heterocycles. The summed E-state index contributed by atoms with van der Waals surface area (Å²) in [5.74, 6) is -0.346. The zero-order chi connectivity index (χ0) is 12.3. The Morgan fingerprint density at radius 3 is 2.71 bits per heavy atom. The molecule has 0 bridgehead atoms. The van der Waals surface area contributed by atoms with Crippen LogP contribution in [0.5, 0.6) is 0 Å². The van der Waals surface area contributed by atoms with E-state index in [4.69, 9.17) is 0 Å². The van der Waals surface area contributed by atoms with E-state index in [1.54, 1.807) is 25.4 Å². The van der Waals surface area contributed by atoms with Crippen LogP contribution >= 0.6 is 0 Å². The summed E-state index contributed by atoms with van der Waals surface area (Å²) in [6.45, 7) is 0. The summed E-state index contributed by atoms with van der Waals surface area (Å²) >= 11 is 0. The molecule has 6 heteroatoms. The quantitative estimate of drug-likeness (QED) is 0.811. The van der Waals surface area contributed by atoms with Crippen molar-refractivity contribution in [3.8, 4) is 0 Å². The van der Waals surface area contributed by atoms with E-state index in [1.165, 1.54) is 23.0 Å². The molecule has 6 nitrogen and oxygen atoms in total. The summed E-state index contributed by atoms with van der Waals surface area (Å²) in [4.78, 5) is 31.1. The van der Waals surface area contributed by atoms with Crippen LogP contribution in [-0.2, 0) is 7.05 Å². The molecule has 0 aliphatic heterocycles. The van der Waals surface area contributed by atoms with Gasteiger partial charge in [0.2, 0.25) is 5.95 Å². The number of carbonyl (C=O) groups is 1. The van der Waals surface area contributed by atoms with E-state index < -0.39 is 5.91 Å². The highest BCUT2D eigenvalue weighted by Gasteiger charge is 2.11. The Labute approximate surface area is 97.0 Å². The highest BCUT2D eigenvalue weighted by atomic mass is 16.2. The summed E-state index contributed by atoms with van der Waals surface area (Å²) in [7, 11) is 1.58. The molecule has 0 aliphatic carbocycles. The van der Waals surface area contributed by atoms with Crippen molar-refractivity contribution in [1.82, 2.24) is 14.5 Å². The van der Waals surface area contributed by atoms with Crippen molar-refractivity contribution < 1.29 is 4.79 Å². The smallest absolute Gasteiger partial charge is 0.263 e. The molecule has 0 saturated carbocycles. The van der Waals surface area contributed by atoms with Gasteiger partial charge in [0, 0.05) is 25.6 Å². The number of pyridine rings is 1. The summed E-state index contributed by atoms with van der Waals surface area (Å²) < 4.78 is 1.33. The van der Waals surface area contributed by atoms with E-state index in [0.29, 0.717) is 0 Å². The van der Waals surface area contributed by atoms with Crippen molar-refractivity contribution in [2.24, 2.45) is 7.05 Å². The number of nitrogens with one attached hydrogen (secondary N) is 1. The summed E-state index contributed by atoms with van der Waals surface area (Å²) in [5.41, 5.74) is -0.302. The third kappa shape index (κ3) is 2.36. The minimum absolute atomic E-state index is 0.0578. The number of anilines is 1. The maximum atomic E-state index is 11.8. The second-order valence-electron chi connectivity index (χ2n) is 3.36. The fourth-order valence-electron chi connectivity index (χ4n) is 1.30. The highest BCUT2D eigenvalue weighted by Crippen LogP contribution is 1.98. The lowest BCUT2D eigenvalue weighted by atomic mass is 10.2. The molecule has 0 unspecified atom stereocenters. The first-order valence-corrected chi connectivity index (χ1v) is 4.92. The molecule has 0 aliphatic rings. The van der Waals surface area contributed by atoms with E-state index in [1.807, 2.05) is 0 Å². The van der Waals surface area contributed by atoms with Crippen LogP contribution in [0.4, 0.5) is 5.95 Å². The minimum atomic E-state index is -0.516. The molecular formula is C11H10N4O2. The third-order valence-electron chi connectivity index (χ3n) is 2.16. The number of rotatable bonds is 2. The van der Waals surface area contributed by atoms with Gasteiger partial charge in [-0.15, -0.1) is 0 Å². The van der Waals surface area contributed by atoms with Crippen molar-refractivity contribution in [3.63, 3.8) is 0 Å². The predicted octanol–water partition coefficient (Wildman–Crippen LogP) is 0.428. The molecular weight excluding hydrogens is 220 g/mol. The van der Waals surface area contributed by atoms with Crippen LogP contribution in [0.2, 0.25) is 0 Å². The van der Waals surface area contributed by atoms with Gasteiger partial charge in [-0.05, 0) is 18.2 Å². The Hall–Kier alpha value is -2.50. The molecule has 0 radical (unpaired) electrons. The summed E-state index contributed by atoms with van der Waals surface area (Å²) in [5, 5.41) is 2.45. The number of carbonyl (C=O) groups excluding carboxylic acids is 1. The molecule has 17 heavy (non-hydrogen) atoms. The van der Waals surface area contributed by atoms with Crippen LogP contribution in [0.15, 0.2) is 41.6 Å². The van der Waals surface area contributed by atoms with Crippen LogP contribution < -0.4 is 10.9 Å².